The quantitative estimate of drug-likeness (QED) is 0.321. The van der Waals surface area contributed by atoms with E-state index in [0.717, 1.165) is 58.9 Å². The zero-order valence-corrected chi connectivity index (χ0v) is 22.9. The van der Waals surface area contributed by atoms with Crippen LogP contribution in [0, 0.1) is 12.8 Å². The van der Waals surface area contributed by atoms with Crippen molar-refractivity contribution >= 4 is 21.6 Å². The number of piperidine rings is 1. The van der Waals surface area contributed by atoms with Gasteiger partial charge in [0, 0.05) is 24.6 Å². The summed E-state index contributed by atoms with van der Waals surface area (Å²) in [4.78, 5) is 11.5. The van der Waals surface area contributed by atoms with Gasteiger partial charge in [0.1, 0.15) is 18.5 Å². The number of aliphatic hydroxyl groups is 1. The second-order valence-corrected chi connectivity index (χ2v) is 12.3. The Labute approximate surface area is 222 Å². The van der Waals surface area contributed by atoms with Gasteiger partial charge in [-0.25, -0.2) is 4.98 Å². The molecular weight excluding hydrogens is 484 g/mol. The van der Waals surface area contributed by atoms with Crippen molar-refractivity contribution in [1.29, 1.82) is 0 Å². The molecule has 1 fully saturated rings. The predicted molar refractivity (Wildman–Crippen MR) is 147 cm³/mol. The van der Waals surface area contributed by atoms with Gasteiger partial charge in [0.25, 0.3) is 0 Å². The Bertz CT molecular complexity index is 1320. The van der Waals surface area contributed by atoms with Gasteiger partial charge in [-0.1, -0.05) is 50.2 Å². The highest BCUT2D eigenvalue weighted by Gasteiger charge is 2.24. The molecule has 0 radical (unpaired) electrons. The molecule has 1 atom stereocenters. The van der Waals surface area contributed by atoms with Crippen LogP contribution in [0.3, 0.4) is 0 Å². The number of aromatic nitrogens is 3. The molecule has 0 spiro atoms. The van der Waals surface area contributed by atoms with Gasteiger partial charge in [0.2, 0.25) is 11.7 Å². The summed E-state index contributed by atoms with van der Waals surface area (Å²) in [6.45, 7) is 11.4. The van der Waals surface area contributed by atoms with Crippen molar-refractivity contribution in [1.82, 2.24) is 20.0 Å². The number of hydrogen-bond acceptors (Lipinski definition) is 8. The molecule has 7 nitrogen and oxygen atoms in total. The second kappa shape index (κ2) is 10.9. The highest BCUT2D eigenvalue weighted by Crippen LogP contribution is 2.27. The second-order valence-electron chi connectivity index (χ2n) is 11.1. The van der Waals surface area contributed by atoms with Crippen LogP contribution in [0.2, 0.25) is 0 Å². The Morgan fingerprint density at radius 2 is 1.86 bits per heavy atom. The Morgan fingerprint density at radius 3 is 2.59 bits per heavy atom. The first-order valence-corrected chi connectivity index (χ1v) is 13.9. The van der Waals surface area contributed by atoms with Gasteiger partial charge in [0.05, 0.1) is 15.2 Å². The number of nitrogens with zero attached hydrogens (tertiary/aromatic N) is 4. The summed E-state index contributed by atoms with van der Waals surface area (Å²) in [5.41, 5.74) is 3.34. The summed E-state index contributed by atoms with van der Waals surface area (Å²) in [5, 5.41) is 15.8. The number of hydrogen-bond donors (Lipinski definition) is 1. The van der Waals surface area contributed by atoms with Crippen LogP contribution in [0.5, 0.6) is 5.75 Å². The molecule has 37 heavy (non-hydrogen) atoms. The van der Waals surface area contributed by atoms with E-state index in [1.54, 1.807) is 11.3 Å². The van der Waals surface area contributed by atoms with E-state index < -0.39 is 6.10 Å². The van der Waals surface area contributed by atoms with Gasteiger partial charge >= 0.3 is 0 Å². The average molecular weight is 521 g/mol. The predicted octanol–water partition coefficient (Wildman–Crippen LogP) is 5.65. The highest BCUT2D eigenvalue weighted by atomic mass is 32.1. The van der Waals surface area contributed by atoms with Crippen molar-refractivity contribution in [2.24, 2.45) is 5.92 Å². The molecule has 0 saturated carbocycles. The third-order valence-corrected chi connectivity index (χ3v) is 7.98. The monoisotopic (exact) mass is 520 g/mol. The van der Waals surface area contributed by atoms with Gasteiger partial charge < -0.3 is 19.3 Å². The normalized spacial score (nSPS) is 16.4. The molecule has 1 aliphatic rings. The van der Waals surface area contributed by atoms with Crippen LogP contribution in [-0.4, -0.2) is 57.5 Å². The van der Waals surface area contributed by atoms with Gasteiger partial charge in [-0.3, -0.25) is 0 Å². The third-order valence-electron chi connectivity index (χ3n) is 7.02. The van der Waals surface area contributed by atoms with Crippen molar-refractivity contribution in [2.45, 2.75) is 58.5 Å². The number of ether oxygens (including phenoxy) is 1. The van der Waals surface area contributed by atoms with Crippen LogP contribution in [0.1, 0.15) is 50.1 Å². The summed E-state index contributed by atoms with van der Waals surface area (Å²) in [6.07, 6.45) is 2.36. The van der Waals surface area contributed by atoms with E-state index in [-0.39, 0.29) is 12.0 Å². The number of rotatable bonds is 8. The van der Waals surface area contributed by atoms with Crippen LogP contribution < -0.4 is 4.74 Å². The summed E-state index contributed by atoms with van der Waals surface area (Å²) < 4.78 is 12.6. The lowest BCUT2D eigenvalue weighted by atomic mass is 9.87. The average Bonchev–Trinajstić information content (AvgIpc) is 3.49. The van der Waals surface area contributed by atoms with Crippen molar-refractivity contribution in [3.63, 3.8) is 0 Å². The lowest BCUT2D eigenvalue weighted by Crippen LogP contribution is -2.41. The summed E-state index contributed by atoms with van der Waals surface area (Å²) in [5.74, 6) is 2.61. The van der Waals surface area contributed by atoms with E-state index in [1.807, 2.05) is 25.1 Å². The number of β-amino-alcohol motifs (C(OH)–C–C–N with tert-alkyl or cyclic N) is 1. The maximum absolute atomic E-state index is 10.5. The molecule has 196 valence electrons. The smallest absolute Gasteiger partial charge is 0.227 e. The first-order valence-electron chi connectivity index (χ1n) is 13.1. The lowest BCUT2D eigenvalue weighted by molar-refractivity contribution is 0.0545. The molecule has 2 aromatic carbocycles. The SMILES string of the molecule is Cc1nc2cc(OC[C@H](O)CN3CCC(Cc4nc(-c5ccc(C(C)(C)C)cc5)no4)CC3)ccc2s1. The minimum absolute atomic E-state index is 0.120. The molecule has 0 bridgehead atoms. The Hall–Kier alpha value is -2.81. The van der Waals surface area contributed by atoms with Crippen molar-refractivity contribution < 1.29 is 14.4 Å². The fourth-order valence-corrected chi connectivity index (χ4v) is 5.66. The molecule has 5 rings (SSSR count). The van der Waals surface area contributed by atoms with Gasteiger partial charge in [-0.2, -0.15) is 4.98 Å². The van der Waals surface area contributed by atoms with Gasteiger partial charge in [0.15, 0.2) is 0 Å². The van der Waals surface area contributed by atoms with Crippen LogP contribution in [0.15, 0.2) is 47.0 Å². The minimum atomic E-state index is -0.535. The fourth-order valence-electron chi connectivity index (χ4n) is 4.85. The van der Waals surface area contributed by atoms with E-state index in [1.165, 1.54) is 5.56 Å². The van der Waals surface area contributed by atoms with E-state index >= 15 is 0 Å². The molecule has 1 N–H and O–H groups in total. The summed E-state index contributed by atoms with van der Waals surface area (Å²) in [7, 11) is 0. The fraction of sp³-hybridized carbons (Fsp3) is 0.483. The molecule has 3 heterocycles. The maximum atomic E-state index is 10.5. The maximum Gasteiger partial charge on any atom is 0.227 e. The van der Waals surface area contributed by atoms with Gasteiger partial charge in [-0.05, 0) is 61.9 Å². The molecule has 2 aromatic heterocycles. The number of aliphatic hydroxyl groups excluding tert-OH is 1. The molecule has 1 saturated heterocycles. The summed E-state index contributed by atoms with van der Waals surface area (Å²) >= 11 is 1.67. The van der Waals surface area contributed by atoms with E-state index in [4.69, 9.17) is 9.26 Å². The molecule has 0 aliphatic carbocycles. The van der Waals surface area contributed by atoms with E-state index in [2.05, 4.69) is 65.1 Å². The van der Waals surface area contributed by atoms with Crippen LogP contribution in [-0.2, 0) is 11.8 Å². The Kier molecular flexibility index (Phi) is 7.60. The van der Waals surface area contributed by atoms with Crippen molar-refractivity contribution in [3.8, 4) is 17.1 Å². The first kappa shape index (κ1) is 25.8. The standard InChI is InChI=1S/C29H36N4O3S/c1-19-30-25-16-24(9-10-26(25)37-19)35-18-23(34)17-33-13-11-20(12-14-33)15-27-31-28(32-36-27)21-5-7-22(8-6-21)29(2,3)4/h5-10,16,20,23,34H,11-15,17-18H2,1-4H3/t23-/m1/s1. The molecule has 0 amide bonds. The molecule has 4 aromatic rings. The number of fused-ring (bicyclic) bond motifs is 1. The first-order chi connectivity index (χ1) is 17.7. The van der Waals surface area contributed by atoms with Crippen molar-refractivity contribution in [2.75, 3.05) is 26.2 Å². The third kappa shape index (κ3) is 6.55. The zero-order valence-electron chi connectivity index (χ0n) is 22.1. The number of benzene rings is 2. The van der Waals surface area contributed by atoms with Crippen LogP contribution in [0.4, 0.5) is 0 Å². The lowest BCUT2D eigenvalue weighted by Gasteiger charge is -2.32. The molecular formula is C29H36N4O3S. The van der Waals surface area contributed by atoms with E-state index in [9.17, 15) is 5.11 Å². The Balaban J connectivity index is 1.06. The Morgan fingerprint density at radius 1 is 1.11 bits per heavy atom. The number of aryl methyl sites for hydroxylation is 1. The summed E-state index contributed by atoms with van der Waals surface area (Å²) in [6, 6.07) is 14.3. The van der Waals surface area contributed by atoms with Crippen molar-refractivity contribution in [3.05, 3.63) is 58.9 Å². The molecule has 1 aliphatic heterocycles. The largest absolute Gasteiger partial charge is 0.491 e. The van der Waals surface area contributed by atoms with Crippen LogP contribution in [0.25, 0.3) is 21.6 Å². The van der Waals surface area contributed by atoms with Crippen LogP contribution >= 0.6 is 11.3 Å². The zero-order chi connectivity index (χ0) is 26.0. The highest BCUT2D eigenvalue weighted by molar-refractivity contribution is 7.18. The number of thiazole rings is 1. The molecule has 0 unspecified atom stereocenters. The topological polar surface area (TPSA) is 84.5 Å². The van der Waals surface area contributed by atoms with Gasteiger partial charge in [-0.15, -0.1) is 11.3 Å². The number of likely N-dealkylation sites (tertiary alicyclic amines) is 1. The molecule has 8 heteroatoms. The van der Waals surface area contributed by atoms with E-state index in [0.29, 0.717) is 24.2 Å². The minimum Gasteiger partial charge on any atom is -0.491 e.